The maximum atomic E-state index is 13.2. The van der Waals surface area contributed by atoms with Crippen LogP contribution in [0.25, 0.3) is 22.3 Å². The summed E-state index contributed by atoms with van der Waals surface area (Å²) in [5.74, 6) is 1.69. The molecule has 2 aromatic carbocycles. The number of fused-ring (bicyclic) bond motifs is 1. The lowest BCUT2D eigenvalue weighted by molar-refractivity contribution is 0.316. The van der Waals surface area contributed by atoms with Crippen LogP contribution in [0.3, 0.4) is 0 Å². The monoisotopic (exact) mass is 396 g/mol. The number of methoxy groups -OCH3 is 2. The minimum absolute atomic E-state index is 0.0730. The Labute approximate surface area is 171 Å². The van der Waals surface area contributed by atoms with Gasteiger partial charge >= 0.3 is 0 Å². The second-order valence-electron chi connectivity index (χ2n) is 6.65. The Hall–Kier alpha value is -2.99. The van der Waals surface area contributed by atoms with Gasteiger partial charge in [0.15, 0.2) is 17.3 Å². The van der Waals surface area contributed by atoms with Crippen LogP contribution in [0.4, 0.5) is 5.69 Å². The van der Waals surface area contributed by atoms with Crippen LogP contribution < -0.4 is 20.2 Å². The fraction of sp³-hybridized carbons (Fsp3) is 0.348. The van der Waals surface area contributed by atoms with Crippen molar-refractivity contribution in [1.82, 2.24) is 4.90 Å². The molecule has 154 valence electrons. The molecule has 0 fully saturated rings. The number of hydrogen-bond acceptors (Lipinski definition) is 6. The van der Waals surface area contributed by atoms with E-state index in [1.807, 2.05) is 30.3 Å². The number of nitrogens with one attached hydrogen (secondary N) is 1. The summed E-state index contributed by atoms with van der Waals surface area (Å²) in [4.78, 5) is 15.5. The molecule has 0 atom stereocenters. The number of benzene rings is 2. The van der Waals surface area contributed by atoms with E-state index in [-0.39, 0.29) is 5.43 Å². The number of rotatable bonds is 9. The largest absolute Gasteiger partial charge is 0.493 e. The fourth-order valence-electron chi connectivity index (χ4n) is 3.36. The van der Waals surface area contributed by atoms with Crippen molar-refractivity contribution in [3.63, 3.8) is 0 Å². The molecule has 1 aromatic heterocycles. The van der Waals surface area contributed by atoms with E-state index < -0.39 is 0 Å². The standard InChI is InChI=1S/C23H28N2O4/c1-5-25(6-2)14-13-24-21-22(26)17-9-7-8-10-18(17)29-23(21)16-11-12-19(27-3)20(15-16)28-4/h7-12,15,24H,5-6,13-14H2,1-4H3. The zero-order valence-electron chi connectivity index (χ0n) is 17.5. The SMILES string of the molecule is CCN(CC)CCNc1c(-c2ccc(OC)c(OC)c2)oc2ccccc2c1=O. The van der Waals surface area contributed by atoms with Crippen molar-refractivity contribution in [2.75, 3.05) is 45.7 Å². The Morgan fingerprint density at radius 3 is 2.41 bits per heavy atom. The normalized spacial score (nSPS) is 11.1. The van der Waals surface area contributed by atoms with Gasteiger partial charge in [-0.25, -0.2) is 0 Å². The lowest BCUT2D eigenvalue weighted by Gasteiger charge is -2.19. The van der Waals surface area contributed by atoms with E-state index in [0.29, 0.717) is 40.5 Å². The molecule has 1 heterocycles. The molecule has 0 aliphatic heterocycles. The summed E-state index contributed by atoms with van der Waals surface area (Å²) in [7, 11) is 3.18. The van der Waals surface area contributed by atoms with Crippen LogP contribution in [-0.2, 0) is 0 Å². The highest BCUT2D eigenvalue weighted by Crippen LogP contribution is 2.35. The van der Waals surface area contributed by atoms with Gasteiger partial charge in [-0.3, -0.25) is 4.79 Å². The van der Waals surface area contributed by atoms with E-state index in [2.05, 4.69) is 24.1 Å². The smallest absolute Gasteiger partial charge is 0.216 e. The highest BCUT2D eigenvalue weighted by atomic mass is 16.5. The molecule has 0 amide bonds. The highest BCUT2D eigenvalue weighted by molar-refractivity contribution is 5.86. The molecule has 6 heteroatoms. The summed E-state index contributed by atoms with van der Waals surface area (Å²) in [6.07, 6.45) is 0. The third kappa shape index (κ3) is 4.38. The number of para-hydroxylation sites is 1. The number of ether oxygens (including phenoxy) is 2. The minimum Gasteiger partial charge on any atom is -0.493 e. The van der Waals surface area contributed by atoms with Crippen molar-refractivity contribution >= 4 is 16.7 Å². The molecular formula is C23H28N2O4. The maximum Gasteiger partial charge on any atom is 0.216 e. The third-order valence-electron chi connectivity index (χ3n) is 5.07. The van der Waals surface area contributed by atoms with E-state index in [1.54, 1.807) is 26.4 Å². The van der Waals surface area contributed by atoms with E-state index in [1.165, 1.54) is 0 Å². The first-order valence-electron chi connectivity index (χ1n) is 9.87. The zero-order valence-corrected chi connectivity index (χ0v) is 17.5. The number of hydrogen-bond donors (Lipinski definition) is 1. The molecule has 29 heavy (non-hydrogen) atoms. The van der Waals surface area contributed by atoms with Gasteiger partial charge in [0.2, 0.25) is 5.43 Å². The Balaban J connectivity index is 2.08. The summed E-state index contributed by atoms with van der Waals surface area (Å²) < 4.78 is 16.9. The summed E-state index contributed by atoms with van der Waals surface area (Å²) in [6.45, 7) is 7.67. The second-order valence-corrected chi connectivity index (χ2v) is 6.65. The van der Waals surface area contributed by atoms with Gasteiger partial charge in [0, 0.05) is 18.7 Å². The van der Waals surface area contributed by atoms with Crippen molar-refractivity contribution in [1.29, 1.82) is 0 Å². The quantitative estimate of drug-likeness (QED) is 0.584. The zero-order chi connectivity index (χ0) is 20.8. The predicted octanol–water partition coefficient (Wildman–Crippen LogP) is 4.23. The van der Waals surface area contributed by atoms with Crippen molar-refractivity contribution < 1.29 is 13.9 Å². The van der Waals surface area contributed by atoms with Gasteiger partial charge in [-0.05, 0) is 43.4 Å². The summed E-state index contributed by atoms with van der Waals surface area (Å²) in [5, 5.41) is 3.87. The Kier molecular flexibility index (Phi) is 6.77. The van der Waals surface area contributed by atoms with Crippen molar-refractivity contribution in [3.8, 4) is 22.8 Å². The molecular weight excluding hydrogens is 368 g/mol. The first-order valence-corrected chi connectivity index (χ1v) is 9.87. The molecule has 6 nitrogen and oxygen atoms in total. The molecule has 0 saturated carbocycles. The van der Waals surface area contributed by atoms with Crippen LogP contribution in [0.15, 0.2) is 51.7 Å². The molecule has 0 saturated heterocycles. The van der Waals surface area contributed by atoms with Gasteiger partial charge in [-0.15, -0.1) is 0 Å². The maximum absolute atomic E-state index is 13.2. The number of nitrogens with zero attached hydrogens (tertiary/aromatic N) is 1. The second kappa shape index (κ2) is 9.47. The van der Waals surface area contributed by atoms with Crippen LogP contribution in [0.5, 0.6) is 11.5 Å². The van der Waals surface area contributed by atoms with Crippen molar-refractivity contribution in [3.05, 3.63) is 52.7 Å². The molecule has 0 aliphatic carbocycles. The lowest BCUT2D eigenvalue weighted by atomic mass is 10.1. The Morgan fingerprint density at radius 2 is 1.72 bits per heavy atom. The Morgan fingerprint density at radius 1 is 1.00 bits per heavy atom. The molecule has 0 aliphatic rings. The number of anilines is 1. The van der Waals surface area contributed by atoms with Crippen LogP contribution in [0.1, 0.15) is 13.8 Å². The van der Waals surface area contributed by atoms with Gasteiger partial charge in [0.25, 0.3) is 0 Å². The van der Waals surface area contributed by atoms with E-state index >= 15 is 0 Å². The summed E-state index contributed by atoms with van der Waals surface area (Å²) in [6, 6.07) is 12.8. The number of likely N-dealkylation sites (N-methyl/N-ethyl adjacent to an activating group) is 1. The van der Waals surface area contributed by atoms with E-state index in [9.17, 15) is 4.79 Å². The predicted molar refractivity (Wildman–Crippen MR) is 117 cm³/mol. The highest BCUT2D eigenvalue weighted by Gasteiger charge is 2.18. The summed E-state index contributed by atoms with van der Waals surface area (Å²) in [5.41, 5.74) is 1.69. The van der Waals surface area contributed by atoms with Crippen LogP contribution >= 0.6 is 0 Å². The van der Waals surface area contributed by atoms with Gasteiger partial charge < -0.3 is 24.1 Å². The van der Waals surface area contributed by atoms with Crippen LogP contribution in [0.2, 0.25) is 0 Å². The lowest BCUT2D eigenvalue weighted by Crippen LogP contribution is -2.29. The average molecular weight is 396 g/mol. The van der Waals surface area contributed by atoms with Crippen LogP contribution in [-0.4, -0.2) is 45.3 Å². The average Bonchev–Trinajstić information content (AvgIpc) is 2.77. The molecule has 0 unspecified atom stereocenters. The van der Waals surface area contributed by atoms with Crippen molar-refractivity contribution in [2.45, 2.75) is 13.8 Å². The van der Waals surface area contributed by atoms with Gasteiger partial charge in [0.1, 0.15) is 11.3 Å². The first kappa shape index (κ1) is 20.7. The van der Waals surface area contributed by atoms with Gasteiger partial charge in [-0.1, -0.05) is 26.0 Å². The third-order valence-corrected chi connectivity index (χ3v) is 5.07. The fourth-order valence-corrected chi connectivity index (χ4v) is 3.36. The molecule has 3 aromatic rings. The van der Waals surface area contributed by atoms with Crippen LogP contribution in [0, 0.1) is 0 Å². The molecule has 0 radical (unpaired) electrons. The van der Waals surface area contributed by atoms with Crippen molar-refractivity contribution in [2.24, 2.45) is 0 Å². The van der Waals surface area contributed by atoms with E-state index in [0.717, 1.165) is 25.2 Å². The Bertz CT molecular complexity index is 1030. The first-order chi connectivity index (χ1) is 14.1. The topological polar surface area (TPSA) is 63.9 Å². The molecule has 1 N–H and O–H groups in total. The molecule has 3 rings (SSSR count). The van der Waals surface area contributed by atoms with E-state index in [4.69, 9.17) is 13.9 Å². The van der Waals surface area contributed by atoms with Gasteiger partial charge in [0.05, 0.1) is 19.6 Å². The summed E-state index contributed by atoms with van der Waals surface area (Å²) >= 11 is 0. The molecule has 0 bridgehead atoms. The molecule has 0 spiro atoms. The van der Waals surface area contributed by atoms with Gasteiger partial charge in [-0.2, -0.15) is 0 Å². The minimum atomic E-state index is -0.0730.